The molecule has 1 aromatic heterocycles. The van der Waals surface area contributed by atoms with E-state index in [1.165, 1.54) is 34.6 Å². The number of fused-ring (bicyclic) bond motifs is 1. The van der Waals surface area contributed by atoms with Gasteiger partial charge in [-0.2, -0.15) is 22.6 Å². The third-order valence-electron chi connectivity index (χ3n) is 8.91. The number of carbonyl (C=O) groups is 1. The standard InChI is InChI=1S/C30H43F3N6O4S2/c1-22(40)37-14-12-36(13-15-37)19-24(41)20-39-27-8-11-38(45(2,42)43)21-25(27)29(34-39)23-6-7-26(30(31,32)33)28(18-23)44-17-16-35-9-4-3-5-10-35/h6-7,18,24,41H,3-5,8-17,19-21H2,1-2H3. The molecule has 3 aliphatic heterocycles. The van der Waals surface area contributed by atoms with Crippen molar-refractivity contribution < 1.29 is 31.5 Å². The van der Waals surface area contributed by atoms with E-state index in [4.69, 9.17) is 5.10 Å². The van der Waals surface area contributed by atoms with Crippen LogP contribution in [-0.4, -0.2) is 125 Å². The van der Waals surface area contributed by atoms with Gasteiger partial charge >= 0.3 is 6.18 Å². The molecule has 250 valence electrons. The summed E-state index contributed by atoms with van der Waals surface area (Å²) >= 11 is 1.18. The predicted molar refractivity (Wildman–Crippen MR) is 167 cm³/mol. The van der Waals surface area contributed by atoms with Gasteiger partial charge in [0.2, 0.25) is 15.9 Å². The van der Waals surface area contributed by atoms with E-state index < -0.39 is 27.9 Å². The van der Waals surface area contributed by atoms with Crippen LogP contribution in [0, 0.1) is 0 Å². The van der Waals surface area contributed by atoms with E-state index in [0.717, 1.165) is 43.9 Å². The average molecular weight is 673 g/mol. The first kappa shape index (κ1) is 34.2. The Hall–Kier alpha value is -2.17. The summed E-state index contributed by atoms with van der Waals surface area (Å²) in [6, 6.07) is 4.03. The van der Waals surface area contributed by atoms with Gasteiger partial charge in [-0.1, -0.05) is 12.5 Å². The van der Waals surface area contributed by atoms with Crippen LogP contribution in [0.3, 0.4) is 0 Å². The third-order valence-corrected chi connectivity index (χ3v) is 11.2. The first-order chi connectivity index (χ1) is 21.3. The highest BCUT2D eigenvalue weighted by molar-refractivity contribution is 7.99. The van der Waals surface area contributed by atoms with Crippen LogP contribution in [0.2, 0.25) is 0 Å². The number of rotatable bonds is 10. The van der Waals surface area contributed by atoms with Crippen molar-refractivity contribution in [1.29, 1.82) is 0 Å². The molecule has 2 aromatic rings. The monoisotopic (exact) mass is 672 g/mol. The van der Waals surface area contributed by atoms with Crippen molar-refractivity contribution in [2.24, 2.45) is 0 Å². The van der Waals surface area contributed by atoms with Crippen LogP contribution in [0.5, 0.6) is 0 Å². The molecule has 0 aliphatic carbocycles. The molecule has 0 saturated carbocycles. The number of hydrogen-bond donors (Lipinski definition) is 1. The van der Waals surface area contributed by atoms with Crippen molar-refractivity contribution in [2.75, 3.05) is 70.9 Å². The number of piperazine rings is 1. The van der Waals surface area contributed by atoms with E-state index in [1.54, 1.807) is 16.5 Å². The molecule has 1 N–H and O–H groups in total. The SMILES string of the molecule is CC(=O)N1CCN(CC(O)Cn2nc(-c3ccc(C(F)(F)F)c(SCCN4CCCCC4)c3)c3c2CCN(S(C)(=O)=O)C3)CC1. The quantitative estimate of drug-likeness (QED) is 0.385. The predicted octanol–water partition coefficient (Wildman–Crippen LogP) is 2.99. The third kappa shape index (κ3) is 8.60. The number of likely N-dealkylation sites (tertiary alicyclic amines) is 1. The number of halogens is 3. The van der Waals surface area contributed by atoms with Crippen LogP contribution in [0.15, 0.2) is 23.1 Å². The largest absolute Gasteiger partial charge is 0.417 e. The Morgan fingerprint density at radius 2 is 1.73 bits per heavy atom. The van der Waals surface area contributed by atoms with Gasteiger partial charge in [0, 0.05) is 93.2 Å². The molecule has 10 nitrogen and oxygen atoms in total. The van der Waals surface area contributed by atoms with Crippen molar-refractivity contribution in [3.05, 3.63) is 35.0 Å². The van der Waals surface area contributed by atoms with E-state index >= 15 is 0 Å². The van der Waals surface area contributed by atoms with Gasteiger partial charge in [0.25, 0.3) is 0 Å². The fourth-order valence-electron chi connectivity index (χ4n) is 6.42. The lowest BCUT2D eigenvalue weighted by atomic mass is 10.0. The summed E-state index contributed by atoms with van der Waals surface area (Å²) in [5.41, 5.74) is 1.67. The average Bonchev–Trinajstić information content (AvgIpc) is 3.34. The van der Waals surface area contributed by atoms with E-state index in [-0.39, 0.29) is 30.4 Å². The molecule has 1 aromatic carbocycles. The summed E-state index contributed by atoms with van der Waals surface area (Å²) in [5.74, 6) is 0.550. The molecule has 2 saturated heterocycles. The summed E-state index contributed by atoms with van der Waals surface area (Å²) in [6.45, 7) is 7.52. The molecule has 0 bridgehead atoms. The number of alkyl halides is 3. The highest BCUT2D eigenvalue weighted by Gasteiger charge is 2.35. The minimum absolute atomic E-state index is 0.0286. The lowest BCUT2D eigenvalue weighted by molar-refractivity contribution is -0.139. The maximum Gasteiger partial charge on any atom is 0.417 e. The molecule has 2 fully saturated rings. The highest BCUT2D eigenvalue weighted by Crippen LogP contribution is 2.40. The van der Waals surface area contributed by atoms with Crippen molar-refractivity contribution in [1.82, 2.24) is 28.8 Å². The number of piperidine rings is 1. The van der Waals surface area contributed by atoms with Crippen LogP contribution < -0.4 is 0 Å². The number of amides is 1. The number of hydrogen-bond acceptors (Lipinski definition) is 8. The molecule has 1 unspecified atom stereocenters. The normalized spacial score (nSPS) is 19.9. The maximum absolute atomic E-state index is 14.1. The second-order valence-corrected chi connectivity index (χ2v) is 15.3. The minimum Gasteiger partial charge on any atom is -0.390 e. The number of nitrogens with zero attached hydrogens (tertiary/aromatic N) is 6. The Morgan fingerprint density at radius 3 is 2.38 bits per heavy atom. The lowest BCUT2D eigenvalue weighted by Crippen LogP contribution is -2.50. The molecule has 0 radical (unpaired) electrons. The fraction of sp³-hybridized carbons (Fsp3) is 0.667. The molecular formula is C30H43F3N6O4S2. The summed E-state index contributed by atoms with van der Waals surface area (Å²) < 4.78 is 70.1. The molecule has 4 heterocycles. The van der Waals surface area contributed by atoms with Crippen LogP contribution in [-0.2, 0) is 40.5 Å². The van der Waals surface area contributed by atoms with Gasteiger partial charge in [-0.05, 0) is 38.1 Å². The Bertz CT molecular complexity index is 1450. The highest BCUT2D eigenvalue weighted by atomic mass is 32.2. The van der Waals surface area contributed by atoms with Crippen molar-refractivity contribution >= 4 is 27.7 Å². The molecule has 1 amide bonds. The Kier molecular flexibility index (Phi) is 10.9. The Labute approximate surface area is 267 Å². The van der Waals surface area contributed by atoms with Gasteiger partial charge in [0.05, 0.1) is 30.2 Å². The molecular weight excluding hydrogens is 629 g/mol. The van der Waals surface area contributed by atoms with Crippen molar-refractivity contribution in [3.8, 4) is 11.3 Å². The molecule has 1 atom stereocenters. The van der Waals surface area contributed by atoms with Gasteiger partial charge in [-0.25, -0.2) is 8.42 Å². The molecule has 45 heavy (non-hydrogen) atoms. The molecule has 15 heteroatoms. The van der Waals surface area contributed by atoms with Gasteiger partial charge in [0.1, 0.15) is 0 Å². The van der Waals surface area contributed by atoms with Gasteiger partial charge in [-0.3, -0.25) is 14.4 Å². The second-order valence-electron chi connectivity index (χ2n) is 12.2. The second kappa shape index (κ2) is 14.3. The number of aliphatic hydroxyl groups is 1. The van der Waals surface area contributed by atoms with Crippen LogP contribution in [0.1, 0.15) is 43.0 Å². The molecule has 5 rings (SSSR count). The van der Waals surface area contributed by atoms with E-state index in [0.29, 0.717) is 68.3 Å². The summed E-state index contributed by atoms with van der Waals surface area (Å²) in [5, 5.41) is 15.8. The van der Waals surface area contributed by atoms with E-state index in [1.807, 2.05) is 0 Å². The zero-order valence-electron chi connectivity index (χ0n) is 25.9. The van der Waals surface area contributed by atoms with Crippen LogP contribution in [0.25, 0.3) is 11.3 Å². The Morgan fingerprint density at radius 1 is 1.02 bits per heavy atom. The number of aromatic nitrogens is 2. The fourth-order valence-corrected chi connectivity index (χ4v) is 8.33. The summed E-state index contributed by atoms with van der Waals surface area (Å²) in [4.78, 5) is 17.9. The van der Waals surface area contributed by atoms with Crippen molar-refractivity contribution in [2.45, 2.75) is 62.9 Å². The van der Waals surface area contributed by atoms with E-state index in [2.05, 4.69) is 9.80 Å². The number of β-amino-alcohol motifs (C(OH)–C–C–N with tert-alkyl or cyclic N) is 1. The van der Waals surface area contributed by atoms with Crippen LogP contribution >= 0.6 is 11.8 Å². The number of aliphatic hydroxyl groups excluding tert-OH is 1. The maximum atomic E-state index is 14.1. The Balaban J connectivity index is 1.40. The molecule has 3 aliphatic rings. The lowest BCUT2D eigenvalue weighted by Gasteiger charge is -2.35. The molecule has 0 spiro atoms. The summed E-state index contributed by atoms with van der Waals surface area (Å²) in [7, 11) is -3.51. The van der Waals surface area contributed by atoms with Gasteiger partial charge in [-0.15, -0.1) is 11.8 Å². The zero-order chi connectivity index (χ0) is 32.4. The van der Waals surface area contributed by atoms with E-state index in [9.17, 15) is 31.5 Å². The van der Waals surface area contributed by atoms with Crippen molar-refractivity contribution in [3.63, 3.8) is 0 Å². The first-order valence-corrected chi connectivity index (χ1v) is 18.4. The number of benzene rings is 1. The first-order valence-electron chi connectivity index (χ1n) is 15.6. The smallest absolute Gasteiger partial charge is 0.390 e. The topological polar surface area (TPSA) is 102 Å². The zero-order valence-corrected chi connectivity index (χ0v) is 27.6. The van der Waals surface area contributed by atoms with Gasteiger partial charge in [0.15, 0.2) is 0 Å². The van der Waals surface area contributed by atoms with Gasteiger partial charge < -0.3 is 14.9 Å². The van der Waals surface area contributed by atoms with Crippen LogP contribution in [0.4, 0.5) is 13.2 Å². The summed E-state index contributed by atoms with van der Waals surface area (Å²) in [6.07, 6.45) is -0.378. The number of sulfonamides is 1. The number of carbonyl (C=O) groups excluding carboxylic acids is 1. The minimum atomic E-state index is -4.52. The number of thioether (sulfide) groups is 1.